The normalized spacial score (nSPS) is 11.8. The van der Waals surface area contributed by atoms with E-state index in [0.29, 0.717) is 0 Å². The van der Waals surface area contributed by atoms with Gasteiger partial charge in [-0.05, 0) is 25.0 Å². The van der Waals surface area contributed by atoms with E-state index in [2.05, 4.69) is 10.3 Å². The molecule has 108 valence electrons. The van der Waals surface area contributed by atoms with E-state index < -0.39 is 6.43 Å². The van der Waals surface area contributed by atoms with Crippen molar-refractivity contribution in [3.8, 4) is 0 Å². The first-order valence-electron chi connectivity index (χ1n) is 6.46. The summed E-state index contributed by atoms with van der Waals surface area (Å²) in [6.45, 7) is 9.82. The molecule has 1 atom stereocenters. The molecule has 19 heavy (non-hydrogen) atoms. The Balaban J connectivity index is 0.00000154. The second kappa shape index (κ2) is 8.56. The van der Waals surface area contributed by atoms with Gasteiger partial charge in [0.05, 0.1) is 0 Å². The molecular weight excluding hydrogens is 250 g/mol. The van der Waals surface area contributed by atoms with Crippen molar-refractivity contribution in [2.24, 2.45) is 5.92 Å². The minimum atomic E-state index is -2.66. The van der Waals surface area contributed by atoms with Crippen LogP contribution in [0.3, 0.4) is 0 Å². The van der Waals surface area contributed by atoms with Gasteiger partial charge >= 0.3 is 0 Å². The fraction of sp³-hybridized carbons (Fsp3) is 0.571. The molecule has 0 saturated carbocycles. The first kappa shape index (κ1) is 17.5. The van der Waals surface area contributed by atoms with Gasteiger partial charge in [-0.25, -0.2) is 8.78 Å². The van der Waals surface area contributed by atoms with Gasteiger partial charge in [-0.2, -0.15) is 0 Å². The first-order chi connectivity index (χ1) is 8.91. The Morgan fingerprint density at radius 1 is 1.26 bits per heavy atom. The van der Waals surface area contributed by atoms with Crippen molar-refractivity contribution in [1.82, 2.24) is 10.3 Å². The monoisotopic (exact) mass is 272 g/mol. The van der Waals surface area contributed by atoms with Crippen LogP contribution in [0.15, 0.2) is 18.3 Å². The summed E-state index contributed by atoms with van der Waals surface area (Å²) in [4.78, 5) is 15.3. The average molecular weight is 272 g/mol. The number of rotatable bonds is 4. The van der Waals surface area contributed by atoms with Crippen LogP contribution in [-0.4, -0.2) is 16.9 Å². The number of nitrogens with one attached hydrogen (secondary N) is 1. The molecule has 0 saturated heterocycles. The molecule has 0 aliphatic heterocycles. The molecular formula is C14H22F2N2O. The number of aromatic nitrogens is 1. The van der Waals surface area contributed by atoms with Gasteiger partial charge in [0, 0.05) is 17.8 Å². The third-order valence-electron chi connectivity index (χ3n) is 2.63. The van der Waals surface area contributed by atoms with Gasteiger partial charge in [-0.15, -0.1) is 0 Å². The Bertz CT molecular complexity index is 395. The Hall–Kier alpha value is -1.52. The average Bonchev–Trinajstić information content (AvgIpc) is 2.40. The summed E-state index contributed by atoms with van der Waals surface area (Å²) in [7, 11) is 0. The molecule has 0 aliphatic carbocycles. The zero-order valence-corrected chi connectivity index (χ0v) is 12.1. The van der Waals surface area contributed by atoms with E-state index in [-0.39, 0.29) is 29.1 Å². The van der Waals surface area contributed by atoms with Crippen LogP contribution in [0.1, 0.15) is 57.1 Å². The van der Waals surface area contributed by atoms with Gasteiger partial charge in [0.1, 0.15) is 5.69 Å². The summed E-state index contributed by atoms with van der Waals surface area (Å²) in [5.41, 5.74) is -0.169. The van der Waals surface area contributed by atoms with Gasteiger partial charge in [0.2, 0.25) is 0 Å². The fourth-order valence-corrected chi connectivity index (χ4v) is 1.17. The number of halogens is 2. The lowest BCUT2D eigenvalue weighted by molar-refractivity contribution is 0.0929. The van der Waals surface area contributed by atoms with Crippen molar-refractivity contribution >= 4 is 5.91 Å². The minimum Gasteiger partial charge on any atom is -0.349 e. The van der Waals surface area contributed by atoms with Gasteiger partial charge in [-0.3, -0.25) is 9.78 Å². The van der Waals surface area contributed by atoms with Crippen LogP contribution in [0.5, 0.6) is 0 Å². The molecule has 1 amide bonds. The lowest BCUT2D eigenvalue weighted by Crippen LogP contribution is -2.36. The fourth-order valence-electron chi connectivity index (χ4n) is 1.17. The number of hydrogen-bond donors (Lipinski definition) is 1. The number of pyridine rings is 1. The standard InChI is InChI=1S/C12H16F2N2O.C2H6/c1-7(2)8(3)16-12(17)9-4-5-15-10(6-9)11(13)14;1-2/h4-8,11H,1-3H3,(H,16,17);1-2H3. The zero-order chi connectivity index (χ0) is 15.0. The van der Waals surface area contributed by atoms with E-state index in [1.165, 1.54) is 12.3 Å². The molecule has 5 heteroatoms. The Morgan fingerprint density at radius 3 is 2.32 bits per heavy atom. The number of amides is 1. The van der Waals surface area contributed by atoms with Crippen LogP contribution < -0.4 is 5.32 Å². The van der Waals surface area contributed by atoms with E-state index in [4.69, 9.17) is 0 Å². The SMILES string of the molecule is CC.CC(C)C(C)NC(=O)c1ccnc(C(F)F)c1. The maximum absolute atomic E-state index is 12.4. The number of carbonyl (C=O) groups excluding carboxylic acids is 1. The van der Waals surface area contributed by atoms with E-state index in [0.717, 1.165) is 6.07 Å². The van der Waals surface area contributed by atoms with Crippen molar-refractivity contribution < 1.29 is 13.6 Å². The second-order valence-corrected chi connectivity index (χ2v) is 4.28. The van der Waals surface area contributed by atoms with Crippen molar-refractivity contribution in [2.45, 2.75) is 47.1 Å². The van der Waals surface area contributed by atoms with Crippen LogP contribution in [0.2, 0.25) is 0 Å². The smallest absolute Gasteiger partial charge is 0.280 e. The molecule has 1 unspecified atom stereocenters. The predicted octanol–water partition coefficient (Wildman–Crippen LogP) is 3.82. The van der Waals surface area contributed by atoms with E-state index >= 15 is 0 Å². The van der Waals surface area contributed by atoms with Gasteiger partial charge in [-0.1, -0.05) is 27.7 Å². The number of carbonyl (C=O) groups is 1. The van der Waals surface area contributed by atoms with E-state index in [1.807, 2.05) is 34.6 Å². The molecule has 1 aromatic rings. The Kier molecular flexibility index (Phi) is 7.87. The molecule has 3 nitrogen and oxygen atoms in total. The summed E-state index contributed by atoms with van der Waals surface area (Å²) in [5, 5.41) is 2.75. The van der Waals surface area contributed by atoms with Crippen LogP contribution in [0.4, 0.5) is 8.78 Å². The lowest BCUT2D eigenvalue weighted by Gasteiger charge is -2.17. The van der Waals surface area contributed by atoms with Crippen molar-refractivity contribution in [1.29, 1.82) is 0 Å². The second-order valence-electron chi connectivity index (χ2n) is 4.28. The van der Waals surface area contributed by atoms with Gasteiger partial charge < -0.3 is 5.32 Å². The molecule has 1 N–H and O–H groups in total. The highest BCUT2D eigenvalue weighted by Gasteiger charge is 2.15. The maximum Gasteiger partial charge on any atom is 0.280 e. The van der Waals surface area contributed by atoms with Crippen LogP contribution in [0.25, 0.3) is 0 Å². The molecule has 0 fully saturated rings. The topological polar surface area (TPSA) is 42.0 Å². The summed E-state index contributed by atoms with van der Waals surface area (Å²) in [5.74, 6) is -0.0640. The quantitative estimate of drug-likeness (QED) is 0.905. The molecule has 0 radical (unpaired) electrons. The highest BCUT2D eigenvalue weighted by Crippen LogP contribution is 2.16. The molecule has 0 spiro atoms. The van der Waals surface area contributed by atoms with Crippen LogP contribution >= 0.6 is 0 Å². The number of alkyl halides is 2. The largest absolute Gasteiger partial charge is 0.349 e. The molecule has 0 aromatic carbocycles. The van der Waals surface area contributed by atoms with Gasteiger partial charge in [0.25, 0.3) is 12.3 Å². The highest BCUT2D eigenvalue weighted by molar-refractivity contribution is 5.94. The zero-order valence-electron chi connectivity index (χ0n) is 12.1. The molecule has 1 heterocycles. The van der Waals surface area contributed by atoms with Crippen LogP contribution in [-0.2, 0) is 0 Å². The lowest BCUT2D eigenvalue weighted by atomic mass is 10.1. The summed E-state index contributed by atoms with van der Waals surface area (Å²) in [6, 6.07) is 2.53. The minimum absolute atomic E-state index is 0.00864. The molecule has 1 rings (SSSR count). The predicted molar refractivity (Wildman–Crippen MR) is 72.3 cm³/mol. The van der Waals surface area contributed by atoms with Crippen molar-refractivity contribution in [3.05, 3.63) is 29.6 Å². The number of hydrogen-bond acceptors (Lipinski definition) is 2. The summed E-state index contributed by atoms with van der Waals surface area (Å²) < 4.78 is 24.8. The van der Waals surface area contributed by atoms with Crippen molar-refractivity contribution in [2.75, 3.05) is 0 Å². The Morgan fingerprint density at radius 2 is 1.84 bits per heavy atom. The molecule has 0 aliphatic rings. The van der Waals surface area contributed by atoms with Crippen molar-refractivity contribution in [3.63, 3.8) is 0 Å². The maximum atomic E-state index is 12.4. The number of nitrogens with zero attached hydrogens (tertiary/aromatic N) is 1. The van der Waals surface area contributed by atoms with E-state index in [9.17, 15) is 13.6 Å². The Labute approximate surface area is 113 Å². The van der Waals surface area contributed by atoms with Gasteiger partial charge in [0.15, 0.2) is 0 Å². The van der Waals surface area contributed by atoms with E-state index in [1.54, 1.807) is 0 Å². The third kappa shape index (κ3) is 5.77. The van der Waals surface area contributed by atoms with Crippen LogP contribution in [0, 0.1) is 5.92 Å². The molecule has 0 bridgehead atoms. The third-order valence-corrected chi connectivity index (χ3v) is 2.63. The summed E-state index contributed by atoms with van der Waals surface area (Å²) in [6.07, 6.45) is -1.44. The summed E-state index contributed by atoms with van der Waals surface area (Å²) >= 11 is 0. The first-order valence-corrected chi connectivity index (χ1v) is 6.46. The highest BCUT2D eigenvalue weighted by atomic mass is 19.3. The molecule has 1 aromatic heterocycles.